The van der Waals surface area contributed by atoms with Gasteiger partial charge in [-0.2, -0.15) is 0 Å². The number of rotatable bonds is 1. The monoisotopic (exact) mass is 206 g/mol. The van der Waals surface area contributed by atoms with Crippen LogP contribution in [0.15, 0.2) is 18.3 Å². The first-order valence-corrected chi connectivity index (χ1v) is 4.45. The number of amides is 2. The van der Waals surface area contributed by atoms with E-state index in [9.17, 15) is 9.59 Å². The Bertz CT molecular complexity index is 402. The second-order valence-electron chi connectivity index (χ2n) is 3.24. The second kappa shape index (κ2) is 3.56. The van der Waals surface area contributed by atoms with Crippen LogP contribution < -0.4 is 16.0 Å². The summed E-state index contributed by atoms with van der Waals surface area (Å²) in [6, 6.07) is 3.44. The maximum Gasteiger partial charge on any atom is 0.246 e. The Morgan fingerprint density at radius 3 is 2.60 bits per heavy atom. The largest absolute Gasteiger partial charge is 0.382 e. The molecule has 0 aromatic carbocycles. The Hall–Kier alpha value is -2.11. The van der Waals surface area contributed by atoms with Crippen LogP contribution in [0.3, 0.4) is 0 Å². The van der Waals surface area contributed by atoms with Crippen LogP contribution in [0.2, 0.25) is 0 Å². The van der Waals surface area contributed by atoms with Crippen molar-refractivity contribution in [3.05, 3.63) is 18.3 Å². The Kier molecular flexibility index (Phi) is 2.24. The maximum absolute atomic E-state index is 11.1. The SMILES string of the molecule is Nc1ncccc1N1CC(=O)NC(=O)C1. The van der Waals surface area contributed by atoms with Crippen molar-refractivity contribution in [1.29, 1.82) is 0 Å². The molecule has 1 aromatic rings. The van der Waals surface area contributed by atoms with Crippen molar-refractivity contribution in [3.8, 4) is 0 Å². The van der Waals surface area contributed by atoms with Crippen LogP contribution in [0.1, 0.15) is 0 Å². The molecule has 1 saturated heterocycles. The zero-order valence-corrected chi connectivity index (χ0v) is 7.93. The van der Waals surface area contributed by atoms with Gasteiger partial charge in [-0.15, -0.1) is 0 Å². The van der Waals surface area contributed by atoms with E-state index >= 15 is 0 Å². The van der Waals surface area contributed by atoms with Crippen LogP contribution in [-0.4, -0.2) is 29.9 Å². The highest BCUT2D eigenvalue weighted by Gasteiger charge is 2.23. The summed E-state index contributed by atoms with van der Waals surface area (Å²) in [7, 11) is 0. The normalized spacial score (nSPS) is 16.4. The third kappa shape index (κ3) is 1.88. The van der Waals surface area contributed by atoms with Crippen molar-refractivity contribution in [3.63, 3.8) is 0 Å². The molecule has 0 radical (unpaired) electrons. The van der Waals surface area contributed by atoms with E-state index in [1.54, 1.807) is 23.2 Å². The third-order valence-corrected chi connectivity index (χ3v) is 2.10. The minimum atomic E-state index is -0.325. The first-order chi connectivity index (χ1) is 7.16. The molecule has 3 N–H and O–H groups in total. The Balaban J connectivity index is 2.27. The number of imide groups is 1. The molecular formula is C9H10N4O2. The molecule has 0 atom stereocenters. The molecule has 0 aliphatic carbocycles. The van der Waals surface area contributed by atoms with E-state index in [-0.39, 0.29) is 24.9 Å². The van der Waals surface area contributed by atoms with Crippen LogP contribution in [-0.2, 0) is 9.59 Å². The third-order valence-electron chi connectivity index (χ3n) is 2.10. The van der Waals surface area contributed by atoms with Crippen LogP contribution in [0.25, 0.3) is 0 Å². The molecular weight excluding hydrogens is 196 g/mol. The molecule has 1 aliphatic rings. The van der Waals surface area contributed by atoms with Gasteiger partial charge >= 0.3 is 0 Å². The standard InChI is InChI=1S/C9H10N4O2/c10-9-6(2-1-3-11-9)13-4-7(14)12-8(15)5-13/h1-3H,4-5H2,(H2,10,11)(H,12,14,15). The molecule has 1 aliphatic heterocycles. The smallest absolute Gasteiger partial charge is 0.246 e. The van der Waals surface area contributed by atoms with E-state index in [1.807, 2.05) is 0 Å². The highest BCUT2D eigenvalue weighted by Crippen LogP contribution is 2.20. The molecule has 2 heterocycles. The highest BCUT2D eigenvalue weighted by molar-refractivity contribution is 6.03. The fourth-order valence-electron chi connectivity index (χ4n) is 1.48. The molecule has 78 valence electrons. The lowest BCUT2D eigenvalue weighted by atomic mass is 10.3. The molecule has 15 heavy (non-hydrogen) atoms. The van der Waals surface area contributed by atoms with Gasteiger partial charge < -0.3 is 10.6 Å². The topological polar surface area (TPSA) is 88.3 Å². The van der Waals surface area contributed by atoms with Crippen molar-refractivity contribution in [2.75, 3.05) is 23.7 Å². The van der Waals surface area contributed by atoms with Crippen molar-refractivity contribution >= 4 is 23.3 Å². The highest BCUT2D eigenvalue weighted by atomic mass is 16.2. The van der Waals surface area contributed by atoms with E-state index in [0.717, 1.165) is 0 Å². The van der Waals surface area contributed by atoms with Gasteiger partial charge in [-0.05, 0) is 12.1 Å². The van der Waals surface area contributed by atoms with Crippen LogP contribution in [0, 0.1) is 0 Å². The quantitative estimate of drug-likeness (QED) is 0.583. The fraction of sp³-hybridized carbons (Fsp3) is 0.222. The number of hydrogen-bond acceptors (Lipinski definition) is 5. The number of nitrogen functional groups attached to an aromatic ring is 1. The van der Waals surface area contributed by atoms with Crippen LogP contribution in [0.4, 0.5) is 11.5 Å². The summed E-state index contributed by atoms with van der Waals surface area (Å²) in [5.74, 6) is -0.330. The molecule has 0 bridgehead atoms. The van der Waals surface area contributed by atoms with Gasteiger partial charge in [0.2, 0.25) is 11.8 Å². The average Bonchev–Trinajstić information content (AvgIpc) is 2.16. The van der Waals surface area contributed by atoms with Gasteiger partial charge in [-0.25, -0.2) is 4.98 Å². The number of anilines is 2. The first kappa shape index (κ1) is 9.45. The van der Waals surface area contributed by atoms with Gasteiger partial charge in [0.15, 0.2) is 0 Å². The van der Waals surface area contributed by atoms with Crippen LogP contribution in [0.5, 0.6) is 0 Å². The predicted octanol–water partition coefficient (Wildman–Crippen LogP) is -0.873. The number of nitrogens with one attached hydrogen (secondary N) is 1. The minimum absolute atomic E-state index is 0.127. The van der Waals surface area contributed by atoms with Crippen LogP contribution >= 0.6 is 0 Å². The van der Waals surface area contributed by atoms with Gasteiger partial charge in [-0.3, -0.25) is 14.9 Å². The molecule has 2 amide bonds. The predicted molar refractivity (Wildman–Crippen MR) is 54.0 cm³/mol. The lowest BCUT2D eigenvalue weighted by Crippen LogP contribution is -2.51. The number of aromatic nitrogens is 1. The molecule has 1 fully saturated rings. The summed E-state index contributed by atoms with van der Waals surface area (Å²) < 4.78 is 0. The maximum atomic E-state index is 11.1. The molecule has 0 saturated carbocycles. The number of piperazine rings is 1. The summed E-state index contributed by atoms with van der Waals surface area (Å²) in [4.78, 5) is 27.8. The summed E-state index contributed by atoms with van der Waals surface area (Å²) >= 11 is 0. The molecule has 6 heteroatoms. The molecule has 0 spiro atoms. The van der Waals surface area contributed by atoms with Gasteiger partial charge in [0.05, 0.1) is 18.8 Å². The van der Waals surface area contributed by atoms with Crippen molar-refractivity contribution in [1.82, 2.24) is 10.3 Å². The number of carbonyl (C=O) groups is 2. The number of pyridine rings is 1. The lowest BCUT2D eigenvalue weighted by Gasteiger charge is -2.27. The van der Waals surface area contributed by atoms with E-state index < -0.39 is 0 Å². The fourth-order valence-corrected chi connectivity index (χ4v) is 1.48. The first-order valence-electron chi connectivity index (χ1n) is 4.45. The van der Waals surface area contributed by atoms with Crippen molar-refractivity contribution < 1.29 is 9.59 Å². The second-order valence-corrected chi connectivity index (χ2v) is 3.24. The average molecular weight is 206 g/mol. The molecule has 6 nitrogen and oxygen atoms in total. The molecule has 1 aromatic heterocycles. The number of hydrogen-bond donors (Lipinski definition) is 2. The summed E-state index contributed by atoms with van der Waals surface area (Å²) in [5.41, 5.74) is 6.26. The van der Waals surface area contributed by atoms with E-state index in [1.165, 1.54) is 0 Å². The van der Waals surface area contributed by atoms with Gasteiger partial charge in [0, 0.05) is 6.20 Å². The van der Waals surface area contributed by atoms with Gasteiger partial charge in [-0.1, -0.05) is 0 Å². The van der Waals surface area contributed by atoms with Crippen molar-refractivity contribution in [2.24, 2.45) is 0 Å². The van der Waals surface area contributed by atoms with E-state index in [2.05, 4.69) is 10.3 Å². The molecule has 0 unspecified atom stereocenters. The molecule has 2 rings (SSSR count). The number of nitrogens with two attached hydrogens (primary N) is 1. The van der Waals surface area contributed by atoms with Crippen molar-refractivity contribution in [2.45, 2.75) is 0 Å². The van der Waals surface area contributed by atoms with E-state index in [4.69, 9.17) is 5.73 Å². The Morgan fingerprint density at radius 1 is 1.33 bits per heavy atom. The summed E-state index contributed by atoms with van der Waals surface area (Å²) in [6.07, 6.45) is 1.56. The number of carbonyl (C=O) groups excluding carboxylic acids is 2. The number of nitrogens with zero attached hydrogens (tertiary/aromatic N) is 2. The Labute approximate surface area is 86.1 Å². The zero-order chi connectivity index (χ0) is 10.8. The lowest BCUT2D eigenvalue weighted by molar-refractivity contribution is -0.130. The summed E-state index contributed by atoms with van der Waals surface area (Å²) in [6.45, 7) is 0.253. The van der Waals surface area contributed by atoms with E-state index in [0.29, 0.717) is 11.5 Å². The zero-order valence-electron chi connectivity index (χ0n) is 7.93. The van der Waals surface area contributed by atoms with Gasteiger partial charge in [0.1, 0.15) is 5.82 Å². The van der Waals surface area contributed by atoms with Gasteiger partial charge in [0.25, 0.3) is 0 Å². The summed E-state index contributed by atoms with van der Waals surface area (Å²) in [5, 5.41) is 2.22. The Morgan fingerprint density at radius 2 is 2.00 bits per heavy atom. The minimum Gasteiger partial charge on any atom is -0.382 e.